The molecule has 1 aliphatic rings. The molecule has 11 aromatic rings. The Balaban J connectivity index is 1.12. The predicted octanol–water partition coefficient (Wildman–Crippen LogP) is 16.5. The summed E-state index contributed by atoms with van der Waals surface area (Å²) in [5.41, 5.74) is 16.4. The molecule has 0 radical (unpaired) electrons. The molecule has 12 rings (SSSR count). The van der Waals surface area contributed by atoms with E-state index in [2.05, 4.69) is 245 Å². The van der Waals surface area contributed by atoms with Gasteiger partial charge in [0.25, 0.3) is 0 Å². The van der Waals surface area contributed by atoms with Gasteiger partial charge < -0.3 is 19.1 Å². The summed E-state index contributed by atoms with van der Waals surface area (Å²) < 4.78 is 6.72. The van der Waals surface area contributed by atoms with E-state index in [9.17, 15) is 0 Å². The van der Waals surface area contributed by atoms with E-state index in [0.717, 1.165) is 72.9 Å². The van der Waals surface area contributed by atoms with E-state index >= 15 is 0 Å². The number of furan rings is 1. The van der Waals surface area contributed by atoms with Crippen LogP contribution >= 0.6 is 0 Å². The van der Waals surface area contributed by atoms with Gasteiger partial charge in [-0.15, -0.1) is 0 Å². The van der Waals surface area contributed by atoms with Crippen LogP contribution in [0.25, 0.3) is 66.1 Å². The van der Waals surface area contributed by atoms with Crippen LogP contribution in [-0.4, -0.2) is 6.67 Å². The molecule has 0 spiro atoms. The van der Waals surface area contributed by atoms with Crippen LogP contribution in [0.15, 0.2) is 241 Å². The van der Waals surface area contributed by atoms with Gasteiger partial charge in [-0.3, -0.25) is 0 Å². The van der Waals surface area contributed by atoms with Crippen LogP contribution in [0, 0.1) is 0 Å². The highest BCUT2D eigenvalue weighted by Crippen LogP contribution is 2.53. The number of rotatable bonds is 8. The van der Waals surface area contributed by atoms with Crippen LogP contribution in [-0.2, 0) is 0 Å². The van der Waals surface area contributed by atoms with Crippen LogP contribution in [0.3, 0.4) is 0 Å². The predicted molar refractivity (Wildman–Crippen MR) is 264 cm³/mol. The first kappa shape index (κ1) is 36.5. The van der Waals surface area contributed by atoms with E-state index in [0.29, 0.717) is 6.67 Å². The topological polar surface area (TPSA) is 22.9 Å². The monoisotopic (exact) mass is 807 g/mol. The third kappa shape index (κ3) is 6.48. The van der Waals surface area contributed by atoms with Crippen LogP contribution in [0.1, 0.15) is 0 Å². The number of fused-ring (bicyclic) bond motifs is 5. The molecule has 0 unspecified atom stereocenters. The molecule has 63 heavy (non-hydrogen) atoms. The molecule has 4 nitrogen and oxygen atoms in total. The van der Waals surface area contributed by atoms with Crippen molar-refractivity contribution in [2.45, 2.75) is 0 Å². The van der Waals surface area contributed by atoms with Crippen molar-refractivity contribution in [3.63, 3.8) is 0 Å². The van der Waals surface area contributed by atoms with Gasteiger partial charge in [-0.25, -0.2) is 0 Å². The summed E-state index contributed by atoms with van der Waals surface area (Å²) >= 11 is 0. The van der Waals surface area contributed by atoms with Gasteiger partial charge in [-0.05, 0) is 106 Å². The summed E-state index contributed by atoms with van der Waals surface area (Å²) in [6, 6.07) is 85.0. The largest absolute Gasteiger partial charge is 0.456 e. The maximum absolute atomic E-state index is 6.72. The first-order valence-corrected chi connectivity index (χ1v) is 21.5. The Morgan fingerprint density at radius 2 is 0.937 bits per heavy atom. The Labute approximate surface area is 366 Å². The molecule has 0 N–H and O–H groups in total. The van der Waals surface area contributed by atoms with Crippen LogP contribution < -0.4 is 14.7 Å². The lowest BCUT2D eigenvalue weighted by atomic mass is 9.95. The molecule has 2 heterocycles. The first-order chi connectivity index (χ1) is 31.2. The molecule has 0 atom stereocenters. The minimum Gasteiger partial charge on any atom is -0.456 e. The highest BCUT2D eigenvalue weighted by Gasteiger charge is 2.32. The summed E-state index contributed by atoms with van der Waals surface area (Å²) in [6.45, 7) is 0.674. The van der Waals surface area contributed by atoms with E-state index in [1.165, 1.54) is 33.0 Å². The minimum absolute atomic E-state index is 0.674. The molecule has 0 saturated heterocycles. The molecule has 0 bridgehead atoms. The van der Waals surface area contributed by atoms with Crippen molar-refractivity contribution in [2.75, 3.05) is 21.4 Å². The molecule has 1 aliphatic heterocycles. The second-order valence-electron chi connectivity index (χ2n) is 16.2. The van der Waals surface area contributed by atoms with Crippen LogP contribution in [0.5, 0.6) is 0 Å². The highest BCUT2D eigenvalue weighted by molar-refractivity contribution is 6.11. The lowest BCUT2D eigenvalue weighted by Gasteiger charge is -2.29. The van der Waals surface area contributed by atoms with Crippen LogP contribution in [0.4, 0.5) is 39.8 Å². The summed E-state index contributed by atoms with van der Waals surface area (Å²) in [7, 11) is 0. The van der Waals surface area contributed by atoms with Crippen molar-refractivity contribution < 1.29 is 4.42 Å². The third-order valence-electron chi connectivity index (χ3n) is 12.4. The zero-order valence-corrected chi connectivity index (χ0v) is 34.5. The van der Waals surface area contributed by atoms with E-state index in [1.54, 1.807) is 0 Å². The average Bonchev–Trinajstić information content (AvgIpc) is 3.94. The molecule has 298 valence electrons. The van der Waals surface area contributed by atoms with Gasteiger partial charge >= 0.3 is 0 Å². The second kappa shape index (κ2) is 15.3. The maximum atomic E-state index is 6.72. The second-order valence-corrected chi connectivity index (χ2v) is 16.2. The highest BCUT2D eigenvalue weighted by atomic mass is 16.3. The quantitative estimate of drug-likeness (QED) is 0.153. The molecular formula is C59H41N3O. The zero-order valence-electron chi connectivity index (χ0n) is 34.5. The van der Waals surface area contributed by atoms with Gasteiger partial charge in [0, 0.05) is 50.7 Å². The van der Waals surface area contributed by atoms with Gasteiger partial charge in [-0.1, -0.05) is 158 Å². The molecule has 10 aromatic carbocycles. The number of nitrogens with zero attached hydrogens (tertiary/aromatic N) is 3. The smallest absolute Gasteiger partial charge is 0.137 e. The van der Waals surface area contributed by atoms with Gasteiger partial charge in [0.05, 0.1) is 17.1 Å². The zero-order chi connectivity index (χ0) is 41.7. The van der Waals surface area contributed by atoms with Gasteiger partial charge in [0.1, 0.15) is 17.8 Å². The standard InChI is InChI=1S/C59H41N3O/c1-5-16-41(17-6-1)43-30-33-49(34-31-43)62(50-35-32-45-36-44(28-29-46(45)37-50)42-18-7-2-8-19-42)56-39-58-54(51-24-13-14-27-57(51)63-58)38-53(56)52-25-15-26-55-59(52)61(48-22-11-4-12-23-48)40-60(55)47-20-9-3-10-21-47/h1-39H,40H2. The van der Waals surface area contributed by atoms with Crippen molar-refractivity contribution >= 4 is 72.5 Å². The number of hydrogen-bond donors (Lipinski definition) is 0. The Hall–Kier alpha value is -8.34. The number of anilines is 7. The third-order valence-corrected chi connectivity index (χ3v) is 12.4. The van der Waals surface area contributed by atoms with Crippen molar-refractivity contribution in [2.24, 2.45) is 0 Å². The lowest BCUT2D eigenvalue weighted by molar-refractivity contribution is 0.669. The molecule has 4 heteroatoms. The Morgan fingerprint density at radius 3 is 1.67 bits per heavy atom. The Bertz CT molecular complexity index is 3420. The molecule has 1 aromatic heterocycles. The number of para-hydroxylation sites is 4. The summed E-state index contributed by atoms with van der Waals surface area (Å²) in [5.74, 6) is 0. The van der Waals surface area contributed by atoms with Crippen LogP contribution in [0.2, 0.25) is 0 Å². The van der Waals surface area contributed by atoms with E-state index in [4.69, 9.17) is 4.42 Å². The molecule has 0 aliphatic carbocycles. The Kier molecular flexibility index (Phi) is 8.86. The van der Waals surface area contributed by atoms with E-state index in [-0.39, 0.29) is 0 Å². The fourth-order valence-electron chi connectivity index (χ4n) is 9.39. The molecule has 0 saturated carbocycles. The average molecular weight is 808 g/mol. The Morgan fingerprint density at radius 1 is 0.365 bits per heavy atom. The fraction of sp³-hybridized carbons (Fsp3) is 0.0169. The summed E-state index contributed by atoms with van der Waals surface area (Å²) in [4.78, 5) is 7.29. The van der Waals surface area contributed by atoms with E-state index in [1.807, 2.05) is 6.07 Å². The fourth-order valence-corrected chi connectivity index (χ4v) is 9.39. The number of hydrogen-bond acceptors (Lipinski definition) is 4. The van der Waals surface area contributed by atoms with E-state index < -0.39 is 0 Å². The SMILES string of the molecule is c1ccc(-c2ccc(N(c3ccc4cc(-c5ccccc5)ccc4c3)c3cc4oc5ccccc5c4cc3-c3cccc4c3N(c3ccccc3)CN4c3ccccc3)cc2)cc1. The van der Waals surface area contributed by atoms with Crippen molar-refractivity contribution in [3.05, 3.63) is 237 Å². The van der Waals surface area contributed by atoms with Gasteiger partial charge in [-0.2, -0.15) is 0 Å². The van der Waals surface area contributed by atoms with Gasteiger partial charge in [0.2, 0.25) is 0 Å². The first-order valence-electron chi connectivity index (χ1n) is 21.5. The van der Waals surface area contributed by atoms with Crippen molar-refractivity contribution in [3.8, 4) is 33.4 Å². The molecule has 0 fully saturated rings. The molecule has 0 amide bonds. The maximum Gasteiger partial charge on any atom is 0.137 e. The van der Waals surface area contributed by atoms with Gasteiger partial charge in [0.15, 0.2) is 0 Å². The summed E-state index contributed by atoms with van der Waals surface area (Å²) in [5, 5.41) is 4.53. The van der Waals surface area contributed by atoms with Crippen molar-refractivity contribution in [1.82, 2.24) is 0 Å². The molecular weight excluding hydrogens is 767 g/mol. The lowest BCUT2D eigenvalue weighted by Crippen LogP contribution is -2.24. The van der Waals surface area contributed by atoms with Crippen molar-refractivity contribution in [1.29, 1.82) is 0 Å². The summed E-state index contributed by atoms with van der Waals surface area (Å²) in [6.07, 6.45) is 0. The number of benzene rings is 10. The minimum atomic E-state index is 0.674. The normalized spacial score (nSPS) is 12.3.